The van der Waals surface area contributed by atoms with Crippen molar-refractivity contribution >= 4 is 11.8 Å². The number of nitrogens with one attached hydrogen (secondary N) is 1. The lowest BCUT2D eigenvalue weighted by atomic mass is 9.84. The van der Waals surface area contributed by atoms with E-state index in [2.05, 4.69) is 34.5 Å². The van der Waals surface area contributed by atoms with Crippen LogP contribution in [0, 0.1) is 11.3 Å². The molecule has 9 nitrogen and oxygen atoms in total. The summed E-state index contributed by atoms with van der Waals surface area (Å²) in [5.41, 5.74) is 7.43. The predicted molar refractivity (Wildman–Crippen MR) is 168 cm³/mol. The van der Waals surface area contributed by atoms with Crippen molar-refractivity contribution in [2.45, 2.75) is 82.6 Å². The summed E-state index contributed by atoms with van der Waals surface area (Å²) in [6, 6.07) is 19.6. The Morgan fingerprint density at radius 2 is 1.60 bits per heavy atom. The second kappa shape index (κ2) is 13.0. The third kappa shape index (κ3) is 7.46. The molecule has 0 bridgehead atoms. The summed E-state index contributed by atoms with van der Waals surface area (Å²) in [5.74, 6) is 6.69. The van der Waals surface area contributed by atoms with Crippen LogP contribution in [0.5, 0.6) is 0 Å². The van der Waals surface area contributed by atoms with Crippen molar-refractivity contribution in [3.05, 3.63) is 71.8 Å². The SMILES string of the molecule is CC(C)(C)[C@@H](C(=O)N1CCC[C@H]1C(=O)NCCC1(O)CN(C(c2ccccc2)c2ccccc2)C1)N(N)CC(N)C1CC1. The summed E-state index contributed by atoms with van der Waals surface area (Å²) < 4.78 is 0. The fraction of sp³-hybridized carbons (Fsp3) is 0.588. The molecule has 3 aliphatic rings. The first kappa shape index (κ1) is 31.6. The van der Waals surface area contributed by atoms with Crippen molar-refractivity contribution in [2.75, 3.05) is 32.7 Å². The highest BCUT2D eigenvalue weighted by molar-refractivity contribution is 5.90. The molecule has 234 valence electrons. The molecular weight excluding hydrogens is 540 g/mol. The highest BCUT2D eigenvalue weighted by Crippen LogP contribution is 2.37. The molecule has 0 spiro atoms. The molecule has 1 aliphatic carbocycles. The molecule has 2 aromatic rings. The number of carbonyl (C=O) groups is 2. The number of nitrogens with zero attached hydrogens (tertiary/aromatic N) is 3. The number of hydrazine groups is 1. The van der Waals surface area contributed by atoms with Crippen LogP contribution in [0.4, 0.5) is 0 Å². The Bertz CT molecular complexity index is 1190. The first-order valence-electron chi connectivity index (χ1n) is 15.9. The Morgan fingerprint density at radius 3 is 2.14 bits per heavy atom. The molecule has 2 saturated heterocycles. The second-order valence-electron chi connectivity index (χ2n) is 14.1. The third-order valence-corrected chi connectivity index (χ3v) is 9.35. The van der Waals surface area contributed by atoms with Gasteiger partial charge in [0.05, 0.1) is 11.6 Å². The zero-order valence-corrected chi connectivity index (χ0v) is 26.0. The first-order valence-corrected chi connectivity index (χ1v) is 15.9. The average Bonchev–Trinajstić information content (AvgIpc) is 3.69. The van der Waals surface area contributed by atoms with E-state index in [-0.39, 0.29) is 23.9 Å². The van der Waals surface area contributed by atoms with E-state index in [9.17, 15) is 14.7 Å². The number of benzene rings is 2. The number of rotatable bonds is 12. The van der Waals surface area contributed by atoms with Gasteiger partial charge in [0.2, 0.25) is 11.8 Å². The molecule has 2 heterocycles. The Balaban J connectivity index is 1.15. The topological polar surface area (TPSA) is 128 Å². The molecule has 3 atom stereocenters. The van der Waals surface area contributed by atoms with Gasteiger partial charge < -0.3 is 21.1 Å². The summed E-state index contributed by atoms with van der Waals surface area (Å²) in [6.45, 7) is 8.40. The minimum atomic E-state index is -0.877. The third-order valence-electron chi connectivity index (χ3n) is 9.35. The maximum Gasteiger partial charge on any atom is 0.242 e. The molecule has 43 heavy (non-hydrogen) atoms. The lowest BCUT2D eigenvalue weighted by Crippen LogP contribution is -2.63. The lowest BCUT2D eigenvalue weighted by Gasteiger charge is -2.50. The van der Waals surface area contributed by atoms with Gasteiger partial charge in [-0.2, -0.15) is 0 Å². The second-order valence-corrected chi connectivity index (χ2v) is 14.1. The molecule has 2 amide bonds. The van der Waals surface area contributed by atoms with Crippen LogP contribution in [0.15, 0.2) is 60.7 Å². The molecule has 2 aromatic carbocycles. The number of aliphatic hydroxyl groups is 1. The Hall–Kier alpha value is -2.82. The summed E-state index contributed by atoms with van der Waals surface area (Å²) >= 11 is 0. The molecule has 5 rings (SSSR count). The van der Waals surface area contributed by atoms with Gasteiger partial charge in [-0.05, 0) is 54.6 Å². The van der Waals surface area contributed by atoms with E-state index in [0.29, 0.717) is 51.5 Å². The van der Waals surface area contributed by atoms with Crippen molar-refractivity contribution in [3.63, 3.8) is 0 Å². The zero-order valence-electron chi connectivity index (χ0n) is 26.0. The number of hydrogen-bond donors (Lipinski definition) is 4. The highest BCUT2D eigenvalue weighted by atomic mass is 16.3. The summed E-state index contributed by atoms with van der Waals surface area (Å²) in [5, 5.41) is 15.9. The number of hydrogen-bond acceptors (Lipinski definition) is 7. The van der Waals surface area contributed by atoms with Crippen LogP contribution in [0.3, 0.4) is 0 Å². The van der Waals surface area contributed by atoms with Gasteiger partial charge >= 0.3 is 0 Å². The molecule has 2 aliphatic heterocycles. The van der Waals surface area contributed by atoms with Crippen molar-refractivity contribution < 1.29 is 14.7 Å². The average molecular weight is 591 g/mol. The van der Waals surface area contributed by atoms with E-state index < -0.39 is 23.1 Å². The van der Waals surface area contributed by atoms with E-state index in [4.69, 9.17) is 11.6 Å². The van der Waals surface area contributed by atoms with Gasteiger partial charge in [0, 0.05) is 38.8 Å². The molecule has 1 unspecified atom stereocenters. The minimum absolute atomic E-state index is 0.0516. The van der Waals surface area contributed by atoms with Crippen LogP contribution in [-0.2, 0) is 9.59 Å². The number of β-amino-alcohol motifs (C(OH)–C–C–N with tert-alkyl or cyclic N) is 1. The monoisotopic (exact) mass is 590 g/mol. The number of likely N-dealkylation sites (tertiary alicyclic amines) is 2. The Morgan fingerprint density at radius 1 is 1.02 bits per heavy atom. The summed E-state index contributed by atoms with van der Waals surface area (Å²) in [6.07, 6.45) is 4.07. The van der Waals surface area contributed by atoms with Crippen LogP contribution in [0.25, 0.3) is 0 Å². The van der Waals surface area contributed by atoms with Gasteiger partial charge in [-0.25, -0.2) is 5.01 Å². The quantitative estimate of drug-likeness (QED) is 0.221. The Labute approximate surface area is 256 Å². The first-order chi connectivity index (χ1) is 20.5. The number of amides is 2. The van der Waals surface area contributed by atoms with Gasteiger partial charge in [0.25, 0.3) is 0 Å². The molecule has 9 heteroatoms. The predicted octanol–water partition coefficient (Wildman–Crippen LogP) is 2.65. The molecule has 6 N–H and O–H groups in total. The standard InChI is InChI=1S/C34H50N6O3/c1-33(2,3)30(40(36)21-27(35)24-16-17-24)32(42)39-20-10-15-28(39)31(41)37-19-18-34(43)22-38(23-34)29(25-11-6-4-7-12-25)26-13-8-5-9-14-26/h4-9,11-14,24,27-30,43H,10,15-23,35-36H2,1-3H3,(H,37,41)/t27?,28-,30+/m0/s1. The van der Waals surface area contributed by atoms with E-state index in [1.54, 1.807) is 9.91 Å². The van der Waals surface area contributed by atoms with Crippen LogP contribution < -0.4 is 16.9 Å². The van der Waals surface area contributed by atoms with Crippen molar-refractivity contribution in [3.8, 4) is 0 Å². The van der Waals surface area contributed by atoms with E-state index >= 15 is 0 Å². The van der Waals surface area contributed by atoms with Crippen LogP contribution >= 0.6 is 0 Å². The van der Waals surface area contributed by atoms with Crippen molar-refractivity contribution in [2.24, 2.45) is 22.9 Å². The largest absolute Gasteiger partial charge is 0.387 e. The molecule has 3 fully saturated rings. The fourth-order valence-electron chi connectivity index (χ4n) is 6.96. The minimum Gasteiger partial charge on any atom is -0.387 e. The van der Waals surface area contributed by atoms with Gasteiger partial charge in [-0.1, -0.05) is 81.4 Å². The zero-order chi connectivity index (χ0) is 30.8. The summed E-state index contributed by atoms with van der Waals surface area (Å²) in [7, 11) is 0. The van der Waals surface area contributed by atoms with Crippen molar-refractivity contribution in [1.82, 2.24) is 20.1 Å². The molecular formula is C34H50N6O3. The Kier molecular flexibility index (Phi) is 9.58. The van der Waals surface area contributed by atoms with Gasteiger partial charge in [0.1, 0.15) is 12.1 Å². The maximum atomic E-state index is 13.9. The van der Waals surface area contributed by atoms with Crippen LogP contribution in [-0.4, -0.2) is 88.2 Å². The molecule has 0 radical (unpaired) electrons. The van der Waals surface area contributed by atoms with E-state index in [0.717, 1.165) is 19.3 Å². The van der Waals surface area contributed by atoms with Crippen molar-refractivity contribution in [1.29, 1.82) is 0 Å². The molecule has 0 aromatic heterocycles. The maximum absolute atomic E-state index is 13.9. The number of nitrogens with two attached hydrogens (primary N) is 2. The van der Waals surface area contributed by atoms with Gasteiger partial charge in [-0.3, -0.25) is 20.3 Å². The normalized spacial score (nSPS) is 22.0. The van der Waals surface area contributed by atoms with E-state index in [1.807, 2.05) is 57.2 Å². The van der Waals surface area contributed by atoms with E-state index in [1.165, 1.54) is 11.1 Å². The van der Waals surface area contributed by atoms with Crippen LogP contribution in [0.2, 0.25) is 0 Å². The lowest BCUT2D eigenvalue weighted by molar-refractivity contribution is -0.146. The number of carbonyl (C=O) groups excluding carboxylic acids is 2. The summed E-state index contributed by atoms with van der Waals surface area (Å²) in [4.78, 5) is 31.2. The van der Waals surface area contributed by atoms with Gasteiger partial charge in [0.15, 0.2) is 0 Å². The highest BCUT2D eigenvalue weighted by Gasteiger charge is 2.46. The van der Waals surface area contributed by atoms with Gasteiger partial charge in [-0.15, -0.1) is 0 Å². The molecule has 1 saturated carbocycles. The van der Waals surface area contributed by atoms with Crippen LogP contribution in [0.1, 0.15) is 70.0 Å². The fourth-order valence-corrected chi connectivity index (χ4v) is 6.96. The smallest absolute Gasteiger partial charge is 0.242 e.